The van der Waals surface area contributed by atoms with Crippen molar-refractivity contribution < 1.29 is 26.7 Å². The van der Waals surface area contributed by atoms with E-state index < -0.39 is 46.2 Å². The van der Waals surface area contributed by atoms with Gasteiger partial charge in [0, 0.05) is 28.0 Å². The van der Waals surface area contributed by atoms with Crippen LogP contribution in [0.2, 0.25) is 10.0 Å². The predicted octanol–water partition coefficient (Wildman–Crippen LogP) is 3.17. The van der Waals surface area contributed by atoms with Gasteiger partial charge in [0.05, 0.1) is 19.4 Å². The molecule has 0 spiro atoms. The van der Waals surface area contributed by atoms with Gasteiger partial charge in [-0.1, -0.05) is 29.3 Å². The lowest BCUT2D eigenvalue weighted by Crippen LogP contribution is -2.38. The number of sulfonamides is 1. The zero-order valence-electron chi connectivity index (χ0n) is 13.8. The van der Waals surface area contributed by atoms with Crippen LogP contribution in [0, 0.1) is 0 Å². The Labute approximate surface area is 163 Å². The molecule has 12 heteroatoms. The summed E-state index contributed by atoms with van der Waals surface area (Å²) < 4.78 is 56.7. The second-order valence-electron chi connectivity index (χ2n) is 5.10. The normalized spacial score (nSPS) is 11.5. The van der Waals surface area contributed by atoms with Crippen molar-refractivity contribution >= 4 is 45.0 Å². The van der Waals surface area contributed by atoms with Crippen LogP contribution >= 0.6 is 23.2 Å². The van der Waals surface area contributed by atoms with Gasteiger partial charge >= 0.3 is 5.97 Å². The maximum atomic E-state index is 13.1. The van der Waals surface area contributed by atoms with E-state index in [2.05, 4.69) is 14.7 Å². The number of esters is 1. The van der Waals surface area contributed by atoms with E-state index in [0.29, 0.717) is 4.31 Å². The average molecular weight is 440 g/mol. The zero-order valence-corrected chi connectivity index (χ0v) is 16.1. The fraction of sp³-hybridized carbons (Fsp3) is 0.267. The van der Waals surface area contributed by atoms with Crippen LogP contribution in [0.25, 0.3) is 0 Å². The molecule has 1 aromatic heterocycles. The molecule has 0 saturated heterocycles. The number of halogens is 4. The zero-order chi connectivity index (χ0) is 20.2. The molecule has 1 aromatic carbocycles. The van der Waals surface area contributed by atoms with Crippen LogP contribution in [0.4, 0.5) is 14.6 Å². The van der Waals surface area contributed by atoms with E-state index in [0.717, 1.165) is 19.5 Å². The molecule has 7 nitrogen and oxygen atoms in total. The standard InChI is InChI=1S/C15H13Cl2F2N3O4S/c1-26-15(23)13-14(21-6-5-20-13)22(7-12(18)19)27(24,25)8-9-10(16)3-2-4-11(9)17/h2-6,12H,7-8H2,1H3. The van der Waals surface area contributed by atoms with E-state index >= 15 is 0 Å². The number of hydrogen-bond donors (Lipinski definition) is 0. The van der Waals surface area contributed by atoms with Crippen molar-refractivity contribution in [2.45, 2.75) is 12.2 Å². The van der Waals surface area contributed by atoms with Gasteiger partial charge in [0.25, 0.3) is 6.43 Å². The molecular weight excluding hydrogens is 427 g/mol. The number of carbonyl (C=O) groups is 1. The third-order valence-corrected chi connectivity index (χ3v) is 5.68. The first-order chi connectivity index (χ1) is 12.7. The third-order valence-electron chi connectivity index (χ3n) is 3.32. The molecule has 0 unspecified atom stereocenters. The van der Waals surface area contributed by atoms with Gasteiger partial charge < -0.3 is 4.74 Å². The number of carbonyl (C=O) groups excluding carboxylic acids is 1. The molecule has 0 saturated carbocycles. The van der Waals surface area contributed by atoms with Crippen molar-refractivity contribution in [1.29, 1.82) is 0 Å². The summed E-state index contributed by atoms with van der Waals surface area (Å²) in [5.41, 5.74) is -0.488. The van der Waals surface area contributed by atoms with Gasteiger partial charge in [-0.2, -0.15) is 0 Å². The fourth-order valence-corrected chi connectivity index (χ4v) is 4.40. The molecule has 0 aliphatic carbocycles. The maximum absolute atomic E-state index is 13.1. The summed E-state index contributed by atoms with van der Waals surface area (Å²) in [7, 11) is -3.42. The maximum Gasteiger partial charge on any atom is 0.360 e. The van der Waals surface area contributed by atoms with Crippen LogP contribution in [0.3, 0.4) is 0 Å². The monoisotopic (exact) mass is 439 g/mol. The van der Waals surface area contributed by atoms with Crippen LogP contribution < -0.4 is 4.31 Å². The number of nitrogens with zero attached hydrogens (tertiary/aromatic N) is 3. The number of methoxy groups -OCH3 is 1. The average Bonchev–Trinajstić information content (AvgIpc) is 2.62. The van der Waals surface area contributed by atoms with Crippen LogP contribution in [0.5, 0.6) is 0 Å². The Morgan fingerprint density at radius 2 is 1.81 bits per heavy atom. The summed E-state index contributed by atoms with van der Waals surface area (Å²) in [6, 6.07) is 4.34. The summed E-state index contributed by atoms with van der Waals surface area (Å²) in [4.78, 5) is 19.3. The van der Waals surface area contributed by atoms with E-state index in [1.54, 1.807) is 0 Å². The van der Waals surface area contributed by atoms with E-state index in [1.165, 1.54) is 18.2 Å². The molecule has 146 valence electrons. The highest BCUT2D eigenvalue weighted by molar-refractivity contribution is 7.92. The first kappa shape index (κ1) is 21.3. The smallest absolute Gasteiger partial charge is 0.360 e. The highest BCUT2D eigenvalue weighted by Gasteiger charge is 2.32. The molecule has 2 aromatic rings. The Morgan fingerprint density at radius 3 is 2.37 bits per heavy atom. The Morgan fingerprint density at radius 1 is 1.22 bits per heavy atom. The number of alkyl halides is 2. The van der Waals surface area contributed by atoms with Crippen LogP contribution in [-0.2, 0) is 20.5 Å². The molecule has 0 fully saturated rings. The number of rotatable bonds is 7. The summed E-state index contributed by atoms with van der Waals surface area (Å²) in [6.07, 6.45) is -0.875. The van der Waals surface area contributed by atoms with Crippen molar-refractivity contribution in [3.8, 4) is 0 Å². The molecule has 2 rings (SSSR count). The molecule has 1 heterocycles. The molecule has 0 aliphatic rings. The van der Waals surface area contributed by atoms with Crippen LogP contribution in [-0.4, -0.2) is 44.4 Å². The minimum atomic E-state index is -4.46. The topological polar surface area (TPSA) is 89.5 Å². The van der Waals surface area contributed by atoms with Gasteiger partial charge in [-0.25, -0.2) is 36.3 Å². The Hall–Kier alpha value is -2.04. The molecule has 0 radical (unpaired) electrons. The first-order valence-corrected chi connectivity index (χ1v) is 9.64. The van der Waals surface area contributed by atoms with E-state index in [1.807, 2.05) is 0 Å². The number of ether oxygens (including phenoxy) is 1. The number of aromatic nitrogens is 2. The van der Waals surface area contributed by atoms with Gasteiger partial charge in [0.1, 0.15) is 0 Å². The molecule has 0 bridgehead atoms. The number of benzene rings is 1. The summed E-state index contributed by atoms with van der Waals surface area (Å²) in [5, 5.41) is 0.103. The van der Waals surface area contributed by atoms with Crippen molar-refractivity contribution in [2.75, 3.05) is 18.0 Å². The lowest BCUT2D eigenvalue weighted by molar-refractivity contribution is 0.0594. The van der Waals surface area contributed by atoms with Crippen molar-refractivity contribution in [3.63, 3.8) is 0 Å². The van der Waals surface area contributed by atoms with Crippen LogP contribution in [0.15, 0.2) is 30.6 Å². The highest BCUT2D eigenvalue weighted by atomic mass is 35.5. The van der Waals surface area contributed by atoms with Gasteiger partial charge in [-0.05, 0) is 12.1 Å². The largest absolute Gasteiger partial charge is 0.464 e. The quantitative estimate of drug-likeness (QED) is 0.615. The molecular formula is C15H13Cl2F2N3O4S. The van der Waals surface area contributed by atoms with E-state index in [9.17, 15) is 22.0 Å². The Balaban J connectivity index is 2.55. The molecule has 0 N–H and O–H groups in total. The molecule has 0 amide bonds. The lowest BCUT2D eigenvalue weighted by atomic mass is 10.2. The third kappa shape index (κ3) is 5.02. The Kier molecular flexibility index (Phi) is 6.90. The SMILES string of the molecule is COC(=O)c1nccnc1N(CC(F)F)S(=O)(=O)Cc1c(Cl)cccc1Cl. The number of hydrogen-bond acceptors (Lipinski definition) is 6. The predicted molar refractivity (Wildman–Crippen MR) is 95.8 cm³/mol. The van der Waals surface area contributed by atoms with E-state index in [-0.39, 0.29) is 15.6 Å². The minimum absolute atomic E-state index is 0.0311. The second kappa shape index (κ2) is 8.77. The molecule has 0 atom stereocenters. The van der Waals surface area contributed by atoms with Gasteiger partial charge in [0.15, 0.2) is 11.5 Å². The van der Waals surface area contributed by atoms with Crippen molar-refractivity contribution in [2.24, 2.45) is 0 Å². The molecule has 27 heavy (non-hydrogen) atoms. The van der Waals surface area contributed by atoms with Gasteiger partial charge in [-0.3, -0.25) is 0 Å². The van der Waals surface area contributed by atoms with Gasteiger partial charge in [0.2, 0.25) is 10.0 Å². The Bertz CT molecular complexity index is 924. The van der Waals surface area contributed by atoms with Gasteiger partial charge in [-0.15, -0.1) is 0 Å². The summed E-state index contributed by atoms with van der Waals surface area (Å²) in [5.74, 6) is -2.38. The summed E-state index contributed by atoms with van der Waals surface area (Å²) in [6.45, 7) is -1.24. The minimum Gasteiger partial charge on any atom is -0.464 e. The number of anilines is 1. The van der Waals surface area contributed by atoms with Crippen molar-refractivity contribution in [1.82, 2.24) is 9.97 Å². The summed E-state index contributed by atoms with van der Waals surface area (Å²) >= 11 is 12.0. The highest BCUT2D eigenvalue weighted by Crippen LogP contribution is 2.29. The fourth-order valence-electron chi connectivity index (χ4n) is 2.14. The lowest BCUT2D eigenvalue weighted by Gasteiger charge is -2.24. The van der Waals surface area contributed by atoms with E-state index in [4.69, 9.17) is 23.2 Å². The van der Waals surface area contributed by atoms with Crippen molar-refractivity contribution in [3.05, 3.63) is 51.9 Å². The van der Waals surface area contributed by atoms with Crippen LogP contribution in [0.1, 0.15) is 16.1 Å². The molecule has 0 aliphatic heterocycles. The first-order valence-electron chi connectivity index (χ1n) is 7.28. The second-order valence-corrected chi connectivity index (χ2v) is 7.81.